The first-order valence-corrected chi connectivity index (χ1v) is 6.91. The number of carbonyl (C=O) groups excluding carboxylic acids is 1. The molecule has 106 valence electrons. The van der Waals surface area contributed by atoms with Crippen molar-refractivity contribution in [2.24, 2.45) is 5.92 Å². The van der Waals surface area contributed by atoms with Crippen LogP contribution in [0.4, 0.5) is 4.79 Å². The minimum absolute atomic E-state index is 0.190. The number of piperazine rings is 1. The van der Waals surface area contributed by atoms with Gasteiger partial charge in [-0.05, 0) is 40.0 Å². The van der Waals surface area contributed by atoms with Crippen molar-refractivity contribution in [1.82, 2.24) is 10.2 Å². The van der Waals surface area contributed by atoms with Crippen LogP contribution in [-0.2, 0) is 4.74 Å². The van der Waals surface area contributed by atoms with Crippen LogP contribution in [-0.4, -0.2) is 41.8 Å². The lowest BCUT2D eigenvalue weighted by Gasteiger charge is -2.38. The van der Waals surface area contributed by atoms with Crippen LogP contribution in [0.25, 0.3) is 0 Å². The molecule has 2 atom stereocenters. The highest BCUT2D eigenvalue weighted by Gasteiger charge is 2.30. The Morgan fingerprint density at radius 1 is 1.39 bits per heavy atom. The van der Waals surface area contributed by atoms with E-state index in [1.807, 2.05) is 25.7 Å². The van der Waals surface area contributed by atoms with Crippen molar-refractivity contribution >= 4 is 6.09 Å². The molecule has 1 saturated heterocycles. The van der Waals surface area contributed by atoms with Gasteiger partial charge in [-0.25, -0.2) is 4.79 Å². The molecule has 1 aliphatic heterocycles. The van der Waals surface area contributed by atoms with Gasteiger partial charge in [0.15, 0.2) is 0 Å². The third-order valence-corrected chi connectivity index (χ3v) is 2.86. The summed E-state index contributed by atoms with van der Waals surface area (Å²) in [6, 6.07) is 0.705. The molecule has 0 aromatic heterocycles. The number of hydrogen-bond donors (Lipinski definition) is 1. The summed E-state index contributed by atoms with van der Waals surface area (Å²) >= 11 is 0. The highest BCUT2D eigenvalue weighted by atomic mass is 16.6. The SMILES string of the molecule is CC(C)C[C@@H]1CN(C(=O)OC(C)(C)C)CC(C)N1. The zero-order chi connectivity index (χ0) is 13.9. The Bertz CT molecular complexity index is 282. The Morgan fingerprint density at radius 2 is 2.00 bits per heavy atom. The zero-order valence-corrected chi connectivity index (χ0v) is 12.6. The van der Waals surface area contributed by atoms with Gasteiger partial charge in [-0.1, -0.05) is 13.8 Å². The molecule has 1 amide bonds. The third-order valence-electron chi connectivity index (χ3n) is 2.86. The van der Waals surface area contributed by atoms with E-state index < -0.39 is 5.60 Å². The van der Waals surface area contributed by atoms with Gasteiger partial charge in [0.25, 0.3) is 0 Å². The average Bonchev–Trinajstić information content (AvgIpc) is 2.12. The van der Waals surface area contributed by atoms with Gasteiger partial charge in [-0.3, -0.25) is 0 Å². The summed E-state index contributed by atoms with van der Waals surface area (Å²) in [7, 11) is 0. The van der Waals surface area contributed by atoms with Crippen molar-refractivity contribution in [1.29, 1.82) is 0 Å². The molecular formula is C14H28N2O2. The molecular weight excluding hydrogens is 228 g/mol. The number of amides is 1. The van der Waals surface area contributed by atoms with Gasteiger partial charge < -0.3 is 15.0 Å². The third kappa shape index (κ3) is 5.25. The Balaban J connectivity index is 2.57. The predicted octanol–water partition coefficient (Wildman–Crippen LogP) is 2.63. The largest absolute Gasteiger partial charge is 0.444 e. The Labute approximate surface area is 111 Å². The second kappa shape index (κ2) is 5.91. The smallest absolute Gasteiger partial charge is 0.410 e. The van der Waals surface area contributed by atoms with Crippen LogP contribution in [0.15, 0.2) is 0 Å². The van der Waals surface area contributed by atoms with Gasteiger partial charge in [-0.15, -0.1) is 0 Å². The number of nitrogens with zero attached hydrogens (tertiary/aromatic N) is 1. The van der Waals surface area contributed by atoms with Crippen molar-refractivity contribution < 1.29 is 9.53 Å². The topological polar surface area (TPSA) is 41.6 Å². The minimum atomic E-state index is -0.418. The maximum atomic E-state index is 12.1. The lowest BCUT2D eigenvalue weighted by atomic mass is 10.0. The van der Waals surface area contributed by atoms with Crippen molar-refractivity contribution in [2.75, 3.05) is 13.1 Å². The lowest BCUT2D eigenvalue weighted by Crippen LogP contribution is -2.57. The van der Waals surface area contributed by atoms with Crippen LogP contribution in [0.1, 0.15) is 48.0 Å². The maximum Gasteiger partial charge on any atom is 0.410 e. The van der Waals surface area contributed by atoms with Crippen molar-refractivity contribution in [3.8, 4) is 0 Å². The van der Waals surface area contributed by atoms with Gasteiger partial charge in [-0.2, -0.15) is 0 Å². The van der Waals surface area contributed by atoms with Crippen LogP contribution in [0.3, 0.4) is 0 Å². The molecule has 18 heavy (non-hydrogen) atoms. The molecule has 1 aliphatic rings. The molecule has 0 saturated carbocycles. The summed E-state index contributed by atoms with van der Waals surface area (Å²) in [5, 5.41) is 3.55. The molecule has 1 unspecified atom stereocenters. The van der Waals surface area contributed by atoms with Gasteiger partial charge in [0.2, 0.25) is 0 Å². The first-order valence-electron chi connectivity index (χ1n) is 6.91. The molecule has 0 aliphatic carbocycles. The van der Waals surface area contributed by atoms with E-state index in [9.17, 15) is 4.79 Å². The van der Waals surface area contributed by atoms with E-state index in [-0.39, 0.29) is 6.09 Å². The Hall–Kier alpha value is -0.770. The molecule has 1 N–H and O–H groups in total. The van der Waals surface area contributed by atoms with Gasteiger partial charge in [0, 0.05) is 25.2 Å². The van der Waals surface area contributed by atoms with E-state index in [1.165, 1.54) is 0 Å². The monoisotopic (exact) mass is 256 g/mol. The summed E-state index contributed by atoms with van der Waals surface area (Å²) < 4.78 is 5.44. The standard InChI is InChI=1S/C14H28N2O2/c1-10(2)7-12-9-16(8-11(3)15-12)13(17)18-14(4,5)6/h10-12,15H,7-9H2,1-6H3/t11?,12-/m1/s1. The molecule has 1 fully saturated rings. The van der Waals surface area contributed by atoms with Gasteiger partial charge >= 0.3 is 6.09 Å². The van der Waals surface area contributed by atoms with Gasteiger partial charge in [0.1, 0.15) is 5.60 Å². The van der Waals surface area contributed by atoms with E-state index in [4.69, 9.17) is 4.74 Å². The van der Waals surface area contributed by atoms with Crippen molar-refractivity contribution in [3.63, 3.8) is 0 Å². The summed E-state index contributed by atoms with van der Waals surface area (Å²) in [5.41, 5.74) is -0.418. The van der Waals surface area contributed by atoms with E-state index >= 15 is 0 Å². The summed E-state index contributed by atoms with van der Waals surface area (Å²) in [4.78, 5) is 13.9. The normalized spacial score (nSPS) is 25.4. The first-order chi connectivity index (χ1) is 8.17. The van der Waals surface area contributed by atoms with E-state index in [1.54, 1.807) is 0 Å². The Morgan fingerprint density at radius 3 is 2.50 bits per heavy atom. The number of carbonyl (C=O) groups is 1. The fourth-order valence-corrected chi connectivity index (χ4v) is 2.37. The number of nitrogens with one attached hydrogen (secondary N) is 1. The molecule has 0 aromatic carbocycles. The number of hydrogen-bond acceptors (Lipinski definition) is 3. The maximum absolute atomic E-state index is 12.1. The Kier molecular flexibility index (Phi) is 5.02. The zero-order valence-electron chi connectivity index (χ0n) is 12.6. The fourth-order valence-electron chi connectivity index (χ4n) is 2.37. The minimum Gasteiger partial charge on any atom is -0.444 e. The first kappa shape index (κ1) is 15.3. The molecule has 0 radical (unpaired) electrons. The van der Waals surface area contributed by atoms with Crippen LogP contribution >= 0.6 is 0 Å². The molecule has 0 bridgehead atoms. The molecule has 1 heterocycles. The van der Waals surface area contributed by atoms with Crippen LogP contribution < -0.4 is 5.32 Å². The quantitative estimate of drug-likeness (QED) is 0.826. The lowest BCUT2D eigenvalue weighted by molar-refractivity contribution is 0.0151. The molecule has 4 nitrogen and oxygen atoms in total. The fraction of sp³-hybridized carbons (Fsp3) is 0.929. The predicted molar refractivity (Wildman–Crippen MR) is 73.6 cm³/mol. The molecule has 1 rings (SSSR count). The summed E-state index contributed by atoms with van der Waals surface area (Å²) in [6.07, 6.45) is 0.897. The van der Waals surface area contributed by atoms with Gasteiger partial charge in [0.05, 0.1) is 0 Å². The highest BCUT2D eigenvalue weighted by molar-refractivity contribution is 5.68. The van der Waals surface area contributed by atoms with E-state index in [0.717, 1.165) is 19.5 Å². The van der Waals surface area contributed by atoms with Crippen LogP contribution in [0.5, 0.6) is 0 Å². The van der Waals surface area contributed by atoms with E-state index in [2.05, 4.69) is 26.1 Å². The number of ether oxygens (including phenoxy) is 1. The second-order valence-corrected chi connectivity index (χ2v) is 6.78. The molecule has 0 spiro atoms. The second-order valence-electron chi connectivity index (χ2n) is 6.78. The van der Waals surface area contributed by atoms with Crippen molar-refractivity contribution in [2.45, 2.75) is 65.6 Å². The average molecular weight is 256 g/mol. The number of rotatable bonds is 2. The highest BCUT2D eigenvalue weighted by Crippen LogP contribution is 2.16. The summed E-state index contributed by atoms with van der Waals surface area (Å²) in [6.45, 7) is 13.7. The van der Waals surface area contributed by atoms with E-state index in [0.29, 0.717) is 18.0 Å². The van der Waals surface area contributed by atoms with Crippen LogP contribution in [0, 0.1) is 5.92 Å². The van der Waals surface area contributed by atoms with Crippen LogP contribution in [0.2, 0.25) is 0 Å². The molecule has 0 aromatic rings. The molecule has 4 heteroatoms. The summed E-state index contributed by atoms with van der Waals surface area (Å²) in [5.74, 6) is 0.633. The van der Waals surface area contributed by atoms with Crippen molar-refractivity contribution in [3.05, 3.63) is 0 Å².